The molecule has 0 spiro atoms. The molecule has 53 heteroatoms. The lowest BCUT2D eigenvalue weighted by atomic mass is 10.1. The van der Waals surface area contributed by atoms with Gasteiger partial charge < -0.3 is 45.0 Å². The first kappa shape index (κ1) is 101. The molecule has 16 rings (SSSR count). The molecule has 4 N–H and O–H groups in total. The van der Waals surface area contributed by atoms with E-state index in [0.717, 1.165) is 30.3 Å². The molecule has 0 aliphatic carbocycles. The van der Waals surface area contributed by atoms with E-state index in [1.54, 1.807) is 112 Å². The fourth-order valence-corrected chi connectivity index (χ4v) is 19.5. The number of amides is 4. The number of nitrogens with one attached hydrogen (secondary N) is 4. The van der Waals surface area contributed by atoms with Crippen molar-refractivity contribution < 1.29 is 112 Å². The molecule has 0 aliphatic rings. The lowest BCUT2D eigenvalue weighted by molar-refractivity contribution is -0.0501. The lowest BCUT2D eigenvalue weighted by Crippen LogP contribution is -2.17. The number of hydrogen-bond acceptors (Lipinski definition) is 29. The highest BCUT2D eigenvalue weighted by molar-refractivity contribution is 7.92. The molecule has 4 aromatic carbocycles. The minimum absolute atomic E-state index is 0.00799. The lowest BCUT2D eigenvalue weighted by Gasteiger charge is -2.15. The minimum atomic E-state index is -3.80. The van der Waals surface area contributed by atoms with Crippen molar-refractivity contribution in [3.8, 4) is 68.0 Å². The van der Waals surface area contributed by atoms with Crippen molar-refractivity contribution in [3.63, 3.8) is 0 Å². The number of alkyl halides is 8. The molecule has 1 atom stereocenters. The van der Waals surface area contributed by atoms with Crippen molar-refractivity contribution in [2.24, 2.45) is 34.1 Å². The normalized spacial score (nSPS) is 12.1. The molecule has 0 fully saturated rings. The summed E-state index contributed by atoms with van der Waals surface area (Å²) in [5, 5.41) is 43.4. The number of fused-ring (bicyclic) bond motifs is 4. The summed E-state index contributed by atoms with van der Waals surface area (Å²) in [6.45, 7) is -4.15. The van der Waals surface area contributed by atoms with Gasteiger partial charge in [-0.15, -0.1) is 0 Å². The number of hydrogen-bond donors (Lipinski definition) is 4. The number of ether oxygens (including phenoxy) is 5. The molecule has 1 unspecified atom stereocenters. The number of rotatable bonds is 33. The number of aromatic nitrogens is 20. The fourth-order valence-electron chi connectivity index (χ4n) is 13.8. The molecule has 41 nitrogen and oxygen atoms in total. The van der Waals surface area contributed by atoms with Gasteiger partial charge in [0.15, 0.2) is 61.9 Å². The first-order chi connectivity index (χ1) is 66.0. The van der Waals surface area contributed by atoms with E-state index in [-0.39, 0.29) is 162 Å². The number of sulfone groups is 4. The highest BCUT2D eigenvalue weighted by atomic mass is 32.2. The zero-order valence-electron chi connectivity index (χ0n) is 74.7. The first-order valence-electron chi connectivity index (χ1n) is 41.4. The third-order valence-corrected chi connectivity index (χ3v) is 28.2. The summed E-state index contributed by atoms with van der Waals surface area (Å²) in [4.78, 5) is 68.2. The van der Waals surface area contributed by atoms with Gasteiger partial charge in [-0.25, -0.2) is 71.7 Å². The number of carbonyl (C=O) groups is 4. The van der Waals surface area contributed by atoms with E-state index in [2.05, 4.69) is 101 Å². The predicted molar refractivity (Wildman–Crippen MR) is 485 cm³/mol. The number of halogens is 8. The molecule has 0 saturated carbocycles. The van der Waals surface area contributed by atoms with Gasteiger partial charge in [0, 0.05) is 132 Å². The van der Waals surface area contributed by atoms with E-state index in [0.29, 0.717) is 35.4 Å². The number of methoxy groups -OCH3 is 1. The van der Waals surface area contributed by atoms with Gasteiger partial charge in [0.1, 0.15) is 68.0 Å². The van der Waals surface area contributed by atoms with Crippen LogP contribution in [0, 0.1) is 5.92 Å². The van der Waals surface area contributed by atoms with Gasteiger partial charge in [0.05, 0.1) is 96.2 Å². The summed E-state index contributed by atoms with van der Waals surface area (Å²) in [6, 6.07) is 20.9. The van der Waals surface area contributed by atoms with Crippen LogP contribution < -0.4 is 40.2 Å². The number of aryl methyl sites for hydroxylation is 4. The number of anilines is 4. The maximum absolute atomic E-state index is 13.1. The molecule has 0 saturated heterocycles. The quantitative estimate of drug-likeness (QED) is 0.0278. The van der Waals surface area contributed by atoms with E-state index in [1.807, 2.05) is 0 Å². The van der Waals surface area contributed by atoms with E-state index >= 15 is 0 Å². The van der Waals surface area contributed by atoms with Crippen LogP contribution in [0.1, 0.15) is 88.9 Å². The Morgan fingerprint density at radius 3 is 0.906 bits per heavy atom. The van der Waals surface area contributed by atoms with Gasteiger partial charge in [-0.1, -0.05) is 27.7 Å². The van der Waals surface area contributed by atoms with E-state index < -0.39 is 94.7 Å². The molecule has 12 heterocycles. The second-order valence-corrected chi connectivity index (χ2v) is 39.2. The van der Waals surface area contributed by atoms with Crippen molar-refractivity contribution in [2.75, 3.05) is 52.2 Å². The molecule has 0 bridgehead atoms. The maximum atomic E-state index is 13.1. The van der Waals surface area contributed by atoms with E-state index in [1.165, 1.54) is 161 Å². The average molecular weight is 2010 g/mol. The van der Waals surface area contributed by atoms with Crippen LogP contribution in [-0.2, 0) is 72.3 Å². The Bertz CT molecular complexity index is 7740. The van der Waals surface area contributed by atoms with Crippen molar-refractivity contribution >= 4 is 108 Å². The Hall–Kier alpha value is -15.5. The molecular formula is C86H84F8N24O17S4. The Kier molecular flexibility index (Phi) is 31.1. The molecular weight excluding hydrogens is 1920 g/mol. The largest absolute Gasteiger partial charge is 0.434 e. The fraction of sp³-hybridized carbons (Fsp3) is 0.256. The summed E-state index contributed by atoms with van der Waals surface area (Å²) >= 11 is 0. The Labute approximate surface area is 784 Å². The molecule has 139 heavy (non-hydrogen) atoms. The molecule has 16 aromatic rings. The first-order valence-corrected chi connectivity index (χ1v) is 47.9. The maximum Gasteiger partial charge on any atom is 0.387 e. The van der Waals surface area contributed by atoms with Crippen LogP contribution in [-0.4, -0.2) is 217 Å². The van der Waals surface area contributed by atoms with Crippen molar-refractivity contribution in [1.29, 1.82) is 0 Å². The molecule has 730 valence electrons. The zero-order valence-corrected chi connectivity index (χ0v) is 78.0. The van der Waals surface area contributed by atoms with Crippen LogP contribution >= 0.6 is 0 Å². The third-order valence-electron chi connectivity index (χ3n) is 20.2. The van der Waals surface area contributed by atoms with Crippen LogP contribution in [0.2, 0.25) is 0 Å². The third kappa shape index (κ3) is 23.6. The Morgan fingerprint density at radius 1 is 0.381 bits per heavy atom. The van der Waals surface area contributed by atoms with Gasteiger partial charge in [0.2, 0.25) is 0 Å². The summed E-state index contributed by atoms with van der Waals surface area (Å²) in [7, 11) is -7.26. The van der Waals surface area contributed by atoms with Gasteiger partial charge in [-0.05, 0) is 123 Å². The van der Waals surface area contributed by atoms with Crippen LogP contribution in [0.25, 0.3) is 67.6 Å². The van der Waals surface area contributed by atoms with E-state index in [9.17, 15) is 88.0 Å². The number of nitrogens with zero attached hydrogens (tertiary/aromatic N) is 20. The van der Waals surface area contributed by atoms with Gasteiger partial charge >= 0.3 is 26.4 Å². The number of carbonyl (C=O) groups excluding carboxylic acids is 4. The molecule has 4 amide bonds. The Morgan fingerprint density at radius 2 is 0.647 bits per heavy atom. The van der Waals surface area contributed by atoms with Crippen LogP contribution in [0.4, 0.5) is 57.9 Å². The molecule has 0 aliphatic heterocycles. The smallest absolute Gasteiger partial charge is 0.387 e. The second kappa shape index (κ2) is 42.8. The van der Waals surface area contributed by atoms with E-state index in [4.69, 9.17) is 4.74 Å². The van der Waals surface area contributed by atoms with Gasteiger partial charge in [-0.3, -0.25) is 37.9 Å². The molecule has 0 radical (unpaired) electrons. The standard InChI is InChI=1S/2C22H22F2N6O4S.C21H20F2N6O5S.C21H20F2N6O4S/c1-13(2)12-35(32,33)14-5-6-18(34-22(23)24)15(9-14)19-17(11-29(3)28-19)27-21(31)16-10-26-30-8-4-7-25-20(16)30;1-4-13(2)35(32,33)14-6-7-18(34-22(23)24)15(10-14)19-17(12-29(3)28-19)27-21(31)16-11-26-30-9-5-8-25-20(16)30;1-28-12-16(26-20(30)15-11-25-29-7-3-6-24-19(15)29)18(27-28)14-10-13(35(31,32)9-8-33-2)4-5-17(14)34-21(22)23;1-3-9-34(31,32)13-5-6-17(33-21(22)23)14(10-13)18-16(12-28(2)27-18)26-20(30)15-11-25-29-8-4-7-24-19(15)29/h4-11,13,22H,12H2,1-3H3,(H,27,31);5-13,22H,4H2,1-3H3,(H,27,31);3-7,10-12,21H,8-9H2,1-2H3,(H,26,30);4-8,10-12,21H,3,9H2,1-2H3,(H,26,30). The number of benzene rings is 4. The van der Waals surface area contributed by atoms with Gasteiger partial charge in [-0.2, -0.15) is 75.9 Å². The summed E-state index contributed by atoms with van der Waals surface area (Å²) in [5.41, 5.74) is 2.71. The van der Waals surface area contributed by atoms with Crippen LogP contribution in [0.3, 0.4) is 0 Å². The zero-order chi connectivity index (χ0) is 100. The van der Waals surface area contributed by atoms with Crippen LogP contribution in [0.15, 0.2) is 216 Å². The van der Waals surface area contributed by atoms with Crippen molar-refractivity contribution in [2.45, 2.75) is 98.7 Å². The Balaban J connectivity index is 0.000000156. The second-order valence-electron chi connectivity index (χ2n) is 30.6. The van der Waals surface area contributed by atoms with Crippen molar-refractivity contribution in [1.82, 2.24) is 97.5 Å². The summed E-state index contributed by atoms with van der Waals surface area (Å²) < 4.78 is 241. The topological polar surface area (TPSA) is 491 Å². The SMILES string of the molecule is CC(C)CS(=O)(=O)c1ccc(OC(F)F)c(-c2nn(C)cc2NC(=O)c2cnn3cccnc23)c1.CCC(C)S(=O)(=O)c1ccc(OC(F)F)c(-c2nn(C)cc2NC(=O)c2cnn3cccnc23)c1.CCCS(=O)(=O)c1ccc(OC(F)F)c(-c2nn(C)cc2NC(=O)c2cnn3cccnc23)c1.COCCS(=O)(=O)c1ccc(OC(F)F)c(-c2nn(C)cc2NC(=O)c2cnn3cccnc23)c1. The summed E-state index contributed by atoms with van der Waals surface area (Å²) in [6.07, 6.45) is 24.5. The highest BCUT2D eigenvalue weighted by Crippen LogP contribution is 2.43. The van der Waals surface area contributed by atoms with Gasteiger partial charge in [0.25, 0.3) is 23.6 Å². The predicted octanol–water partition coefficient (Wildman–Crippen LogP) is 12.5. The van der Waals surface area contributed by atoms with Crippen LogP contribution in [0.5, 0.6) is 23.0 Å². The highest BCUT2D eigenvalue weighted by Gasteiger charge is 2.33. The minimum Gasteiger partial charge on any atom is -0.434 e. The van der Waals surface area contributed by atoms with Crippen molar-refractivity contribution in [3.05, 3.63) is 218 Å². The average Bonchev–Trinajstić information content (AvgIpc) is 1.71. The summed E-state index contributed by atoms with van der Waals surface area (Å²) in [5.74, 6) is -4.12. The monoisotopic (exact) mass is 2000 g/mol. The molecule has 12 aromatic heterocycles.